The minimum atomic E-state index is 0.266. The van der Waals surface area contributed by atoms with Crippen molar-refractivity contribution in [2.24, 2.45) is 17.3 Å². The van der Waals surface area contributed by atoms with Crippen LogP contribution in [-0.4, -0.2) is 18.5 Å². The summed E-state index contributed by atoms with van der Waals surface area (Å²) in [6.45, 7) is 4.69. The number of benzene rings is 2. The van der Waals surface area contributed by atoms with Gasteiger partial charge in [0.15, 0.2) is 0 Å². The summed E-state index contributed by atoms with van der Waals surface area (Å²) in [7, 11) is 1.77. The van der Waals surface area contributed by atoms with Gasteiger partial charge in [-0.2, -0.15) is 0 Å². The summed E-state index contributed by atoms with van der Waals surface area (Å²) in [5.41, 5.74) is 5.93. The first-order chi connectivity index (χ1) is 14.5. The molecule has 3 aliphatic carbocycles. The molecule has 0 saturated heterocycles. The predicted octanol–water partition coefficient (Wildman–Crippen LogP) is 6.95. The summed E-state index contributed by atoms with van der Waals surface area (Å²) in [5, 5.41) is 4.17. The van der Waals surface area contributed by atoms with Crippen molar-refractivity contribution in [1.29, 1.82) is 0 Å². The summed E-state index contributed by atoms with van der Waals surface area (Å²) in [4.78, 5) is 0. The molecule has 0 radical (unpaired) electrons. The zero-order chi connectivity index (χ0) is 20.9. The lowest BCUT2D eigenvalue weighted by Gasteiger charge is -2.58. The Hall–Kier alpha value is -1.67. The van der Waals surface area contributed by atoms with E-state index in [0.717, 1.165) is 24.5 Å². The average molecular weight is 424 g/mol. The average Bonchev–Trinajstić information content (AvgIpc) is 2.75. The molecule has 3 heteroatoms. The van der Waals surface area contributed by atoms with E-state index in [9.17, 15) is 0 Å². The fourth-order valence-electron chi connectivity index (χ4n) is 6.88. The van der Waals surface area contributed by atoms with Crippen molar-refractivity contribution < 1.29 is 4.74 Å². The third kappa shape index (κ3) is 3.42. The highest BCUT2D eigenvalue weighted by molar-refractivity contribution is 6.20. The standard InChI is InChI=1S/C27H34ClNO/c1-17-4-7-20(8-5-17)29-26-16-19(28)15-25-24-10-6-18-14-21(30-3)9-11-22(18)23(24)12-13-27(25,26)2/h4-5,7-9,11,14,19,23-26,29H,6,10,12-13,15-16H2,1-3H3/t19-,23+,24+,25-,26-,27-/m0/s1. The van der Waals surface area contributed by atoms with Gasteiger partial charge < -0.3 is 10.1 Å². The van der Waals surface area contributed by atoms with Gasteiger partial charge in [0.05, 0.1) is 7.11 Å². The number of methoxy groups -OCH3 is 1. The van der Waals surface area contributed by atoms with Gasteiger partial charge in [0, 0.05) is 17.1 Å². The van der Waals surface area contributed by atoms with Crippen LogP contribution in [0.25, 0.3) is 0 Å². The van der Waals surface area contributed by atoms with Crippen molar-refractivity contribution in [3.05, 3.63) is 59.2 Å². The van der Waals surface area contributed by atoms with Gasteiger partial charge in [-0.3, -0.25) is 0 Å². The Morgan fingerprint density at radius 2 is 1.87 bits per heavy atom. The van der Waals surface area contributed by atoms with E-state index < -0.39 is 0 Å². The lowest BCUT2D eigenvalue weighted by molar-refractivity contribution is -0.0124. The highest BCUT2D eigenvalue weighted by Crippen LogP contribution is 2.60. The summed E-state index contributed by atoms with van der Waals surface area (Å²) in [6, 6.07) is 16.1. The molecule has 0 heterocycles. The maximum Gasteiger partial charge on any atom is 0.119 e. The second-order valence-electron chi connectivity index (χ2n) is 10.2. The number of fused-ring (bicyclic) bond motifs is 5. The van der Waals surface area contributed by atoms with Crippen LogP contribution in [0.1, 0.15) is 61.6 Å². The predicted molar refractivity (Wildman–Crippen MR) is 126 cm³/mol. The van der Waals surface area contributed by atoms with E-state index in [0.29, 0.717) is 23.3 Å². The third-order valence-corrected chi connectivity index (χ3v) is 8.92. The molecule has 0 aliphatic heterocycles. The summed E-state index contributed by atoms with van der Waals surface area (Å²) in [6.07, 6.45) is 7.24. The Kier molecular flexibility index (Phi) is 5.25. The SMILES string of the molecule is COc1ccc2c(c1)CC[C@@H]1[C@@H]2CC[C@]2(C)[C@@H](Nc3ccc(C)cc3)C[C@@H](Cl)C[C@@H]12. The maximum absolute atomic E-state index is 6.90. The molecule has 0 bridgehead atoms. The molecule has 0 amide bonds. The highest BCUT2D eigenvalue weighted by Gasteiger charge is 2.54. The lowest BCUT2D eigenvalue weighted by Crippen LogP contribution is -2.55. The molecule has 6 atom stereocenters. The highest BCUT2D eigenvalue weighted by atomic mass is 35.5. The van der Waals surface area contributed by atoms with E-state index >= 15 is 0 Å². The molecule has 2 saturated carbocycles. The number of aryl methyl sites for hydroxylation is 2. The maximum atomic E-state index is 6.90. The van der Waals surface area contributed by atoms with Gasteiger partial charge in [0.1, 0.15) is 5.75 Å². The fraction of sp³-hybridized carbons (Fsp3) is 0.556. The number of halogens is 1. The second kappa shape index (κ2) is 7.79. The molecule has 0 unspecified atom stereocenters. The van der Waals surface area contributed by atoms with Crippen LogP contribution in [-0.2, 0) is 6.42 Å². The van der Waals surface area contributed by atoms with Crippen LogP contribution in [0, 0.1) is 24.2 Å². The van der Waals surface area contributed by atoms with E-state index in [1.165, 1.54) is 42.5 Å². The first kappa shape index (κ1) is 20.2. The second-order valence-corrected chi connectivity index (χ2v) is 10.8. The number of anilines is 1. The Morgan fingerprint density at radius 1 is 1.07 bits per heavy atom. The molecule has 2 nitrogen and oxygen atoms in total. The largest absolute Gasteiger partial charge is 0.497 e. The summed E-state index contributed by atoms with van der Waals surface area (Å²) < 4.78 is 5.48. The van der Waals surface area contributed by atoms with E-state index in [4.69, 9.17) is 16.3 Å². The number of hydrogen-bond acceptors (Lipinski definition) is 2. The molecular weight excluding hydrogens is 390 g/mol. The monoisotopic (exact) mass is 423 g/mol. The zero-order valence-corrected chi connectivity index (χ0v) is 19.2. The molecule has 5 rings (SSSR count). The number of nitrogens with one attached hydrogen (secondary N) is 1. The molecule has 1 N–H and O–H groups in total. The van der Waals surface area contributed by atoms with Gasteiger partial charge in [0.25, 0.3) is 0 Å². The van der Waals surface area contributed by atoms with Crippen molar-refractivity contribution in [3.63, 3.8) is 0 Å². The van der Waals surface area contributed by atoms with E-state index in [2.05, 4.69) is 61.6 Å². The zero-order valence-electron chi connectivity index (χ0n) is 18.5. The first-order valence-electron chi connectivity index (χ1n) is 11.6. The lowest BCUT2D eigenvalue weighted by atomic mass is 9.49. The van der Waals surface area contributed by atoms with Crippen molar-refractivity contribution in [2.75, 3.05) is 12.4 Å². The van der Waals surface area contributed by atoms with Crippen LogP contribution in [0.15, 0.2) is 42.5 Å². The van der Waals surface area contributed by atoms with Crippen molar-refractivity contribution in [3.8, 4) is 5.75 Å². The number of hydrogen-bond donors (Lipinski definition) is 1. The third-order valence-electron chi connectivity index (χ3n) is 8.56. The van der Waals surface area contributed by atoms with Gasteiger partial charge in [-0.1, -0.05) is 30.7 Å². The van der Waals surface area contributed by atoms with Gasteiger partial charge in [-0.25, -0.2) is 0 Å². The number of alkyl halides is 1. The molecule has 2 aromatic rings. The van der Waals surface area contributed by atoms with Crippen molar-refractivity contribution in [1.82, 2.24) is 0 Å². The topological polar surface area (TPSA) is 21.3 Å². The minimum absolute atomic E-state index is 0.266. The van der Waals surface area contributed by atoms with Crippen LogP contribution >= 0.6 is 11.6 Å². The molecule has 2 fully saturated rings. The van der Waals surface area contributed by atoms with Crippen LogP contribution in [0.2, 0.25) is 0 Å². The van der Waals surface area contributed by atoms with Crippen LogP contribution in [0.5, 0.6) is 5.75 Å². The summed E-state index contributed by atoms with van der Waals surface area (Å²) in [5.74, 6) is 3.10. The van der Waals surface area contributed by atoms with Crippen molar-refractivity contribution in [2.45, 2.75) is 69.7 Å². The fourth-order valence-corrected chi connectivity index (χ4v) is 7.25. The number of rotatable bonds is 3. The van der Waals surface area contributed by atoms with E-state index in [1.807, 2.05) is 0 Å². The summed E-state index contributed by atoms with van der Waals surface area (Å²) >= 11 is 6.90. The Balaban J connectivity index is 1.43. The molecule has 0 spiro atoms. The smallest absolute Gasteiger partial charge is 0.119 e. The van der Waals surface area contributed by atoms with Crippen LogP contribution in [0.3, 0.4) is 0 Å². The van der Waals surface area contributed by atoms with E-state index in [-0.39, 0.29) is 5.38 Å². The molecule has 3 aliphatic rings. The van der Waals surface area contributed by atoms with Gasteiger partial charge in [-0.15, -0.1) is 11.6 Å². The normalized spacial score (nSPS) is 35.0. The Morgan fingerprint density at radius 3 is 2.63 bits per heavy atom. The Bertz CT molecular complexity index is 910. The molecule has 0 aromatic heterocycles. The van der Waals surface area contributed by atoms with E-state index in [1.54, 1.807) is 12.7 Å². The van der Waals surface area contributed by atoms with Gasteiger partial charge >= 0.3 is 0 Å². The Labute approximate surface area is 186 Å². The van der Waals surface area contributed by atoms with Gasteiger partial charge in [0.2, 0.25) is 0 Å². The van der Waals surface area contributed by atoms with Crippen LogP contribution in [0.4, 0.5) is 5.69 Å². The molecule has 160 valence electrons. The van der Waals surface area contributed by atoms with Gasteiger partial charge in [-0.05, 0) is 104 Å². The molecule has 30 heavy (non-hydrogen) atoms. The number of ether oxygens (including phenoxy) is 1. The van der Waals surface area contributed by atoms with Crippen LogP contribution < -0.4 is 10.1 Å². The quantitative estimate of drug-likeness (QED) is 0.539. The minimum Gasteiger partial charge on any atom is -0.497 e. The molecule has 2 aromatic carbocycles. The first-order valence-corrected chi connectivity index (χ1v) is 12.1. The molecular formula is C27H34ClNO. The van der Waals surface area contributed by atoms with Crippen molar-refractivity contribution >= 4 is 17.3 Å².